The number of aryl methyl sites for hydroxylation is 1. The highest BCUT2D eigenvalue weighted by atomic mass is 16.5. The van der Waals surface area contributed by atoms with E-state index in [9.17, 15) is 9.59 Å². The second-order valence-electron chi connectivity index (χ2n) is 7.87. The summed E-state index contributed by atoms with van der Waals surface area (Å²) < 4.78 is 11.8. The van der Waals surface area contributed by atoms with E-state index in [1.54, 1.807) is 11.8 Å². The summed E-state index contributed by atoms with van der Waals surface area (Å²) in [5.74, 6) is 0.238. The lowest BCUT2D eigenvalue weighted by atomic mass is 9.87. The van der Waals surface area contributed by atoms with E-state index in [0.717, 1.165) is 5.56 Å². The molecule has 0 saturated carbocycles. The minimum atomic E-state index is -0.274. The molecule has 0 radical (unpaired) electrons. The number of amides is 1. The quantitative estimate of drug-likeness (QED) is 0.826. The zero-order valence-electron chi connectivity index (χ0n) is 15.7. The highest BCUT2D eigenvalue weighted by molar-refractivity contribution is 5.91. The van der Waals surface area contributed by atoms with Gasteiger partial charge >= 0.3 is 0 Å². The molecule has 0 bridgehead atoms. The molecular formula is C21H25NO4. The molecule has 1 aromatic carbocycles. The van der Waals surface area contributed by atoms with Crippen molar-refractivity contribution >= 4 is 5.91 Å². The molecule has 1 amide bonds. The Morgan fingerprint density at radius 3 is 2.42 bits per heavy atom. The average Bonchev–Trinajstić information content (AvgIpc) is 2.60. The summed E-state index contributed by atoms with van der Waals surface area (Å²) in [6.45, 7) is 8.85. The first-order valence-corrected chi connectivity index (χ1v) is 8.85. The van der Waals surface area contributed by atoms with E-state index in [-0.39, 0.29) is 34.7 Å². The van der Waals surface area contributed by atoms with Crippen molar-refractivity contribution in [3.8, 4) is 0 Å². The number of benzene rings is 1. The highest BCUT2D eigenvalue weighted by Crippen LogP contribution is 2.34. The minimum absolute atomic E-state index is 0.0800. The molecule has 0 N–H and O–H groups in total. The molecule has 0 aliphatic carbocycles. The van der Waals surface area contributed by atoms with Crippen molar-refractivity contribution in [2.45, 2.75) is 39.9 Å². The van der Waals surface area contributed by atoms with Gasteiger partial charge in [0.15, 0.2) is 11.2 Å². The summed E-state index contributed by atoms with van der Waals surface area (Å²) in [5, 5.41) is 0. The number of carbonyl (C=O) groups is 1. The Morgan fingerprint density at radius 1 is 1.12 bits per heavy atom. The molecule has 0 spiro atoms. The standard InChI is InChI=1S/C21H25NO4/c1-14-10-16(23)11-17(25-14)20(24)22-12-18(15-8-6-5-7-9-15)26-19(13-22)21(2,3)4/h5-11,18-19H,12-13H2,1-4H3/t18-,19+/m0/s1. The van der Waals surface area contributed by atoms with Crippen LogP contribution in [0.3, 0.4) is 0 Å². The Kier molecular flexibility index (Phi) is 5.01. The van der Waals surface area contributed by atoms with Crippen LogP contribution in [0.2, 0.25) is 0 Å². The van der Waals surface area contributed by atoms with Gasteiger partial charge in [0.2, 0.25) is 0 Å². The Hall–Kier alpha value is -2.40. The van der Waals surface area contributed by atoms with Gasteiger partial charge in [-0.15, -0.1) is 0 Å². The van der Waals surface area contributed by atoms with Crippen molar-refractivity contribution in [1.82, 2.24) is 4.90 Å². The van der Waals surface area contributed by atoms with Crippen LogP contribution in [-0.2, 0) is 4.74 Å². The molecule has 1 aliphatic rings. The average molecular weight is 355 g/mol. The first kappa shape index (κ1) is 18.4. The van der Waals surface area contributed by atoms with Crippen LogP contribution >= 0.6 is 0 Å². The molecule has 0 unspecified atom stereocenters. The number of hydrogen-bond acceptors (Lipinski definition) is 4. The normalized spacial score (nSPS) is 20.8. The van der Waals surface area contributed by atoms with Gasteiger partial charge in [0.1, 0.15) is 11.9 Å². The second-order valence-corrected chi connectivity index (χ2v) is 7.87. The van der Waals surface area contributed by atoms with Gasteiger partial charge in [-0.05, 0) is 17.9 Å². The molecule has 138 valence electrons. The monoisotopic (exact) mass is 355 g/mol. The number of carbonyl (C=O) groups excluding carboxylic acids is 1. The largest absolute Gasteiger partial charge is 0.456 e. The molecule has 2 heterocycles. The van der Waals surface area contributed by atoms with Gasteiger partial charge in [-0.1, -0.05) is 51.1 Å². The van der Waals surface area contributed by atoms with Crippen LogP contribution in [0.4, 0.5) is 0 Å². The SMILES string of the molecule is Cc1cc(=O)cc(C(=O)N2C[C@@H](c3ccccc3)O[C@@H](C(C)(C)C)C2)o1. The summed E-state index contributed by atoms with van der Waals surface area (Å²) in [6, 6.07) is 12.5. The van der Waals surface area contributed by atoms with E-state index in [4.69, 9.17) is 9.15 Å². The smallest absolute Gasteiger partial charge is 0.289 e. The lowest BCUT2D eigenvalue weighted by Gasteiger charge is -2.43. The predicted octanol–water partition coefficient (Wildman–Crippen LogP) is 3.58. The second kappa shape index (κ2) is 7.08. The topological polar surface area (TPSA) is 59.8 Å². The molecule has 1 fully saturated rings. The van der Waals surface area contributed by atoms with E-state index >= 15 is 0 Å². The van der Waals surface area contributed by atoms with Gasteiger partial charge in [0.25, 0.3) is 5.91 Å². The number of morpholine rings is 1. The molecule has 5 nitrogen and oxygen atoms in total. The molecule has 2 aromatic rings. The van der Waals surface area contributed by atoms with Crippen molar-refractivity contribution in [3.05, 3.63) is 69.8 Å². The zero-order chi connectivity index (χ0) is 18.9. The van der Waals surface area contributed by atoms with Gasteiger partial charge in [0, 0.05) is 18.7 Å². The Bertz CT molecular complexity index is 835. The van der Waals surface area contributed by atoms with Gasteiger partial charge in [-0.25, -0.2) is 0 Å². The van der Waals surface area contributed by atoms with Gasteiger partial charge < -0.3 is 14.1 Å². The number of rotatable bonds is 2. The van der Waals surface area contributed by atoms with Crippen molar-refractivity contribution in [3.63, 3.8) is 0 Å². The summed E-state index contributed by atoms with van der Waals surface area (Å²) in [6.07, 6.45) is -0.336. The fourth-order valence-corrected chi connectivity index (χ4v) is 3.12. The molecule has 1 aromatic heterocycles. The van der Waals surface area contributed by atoms with Gasteiger partial charge in [0.05, 0.1) is 12.6 Å². The first-order valence-electron chi connectivity index (χ1n) is 8.85. The summed E-state index contributed by atoms with van der Waals surface area (Å²) in [5.41, 5.74) is 0.682. The molecule has 26 heavy (non-hydrogen) atoms. The fraction of sp³-hybridized carbons (Fsp3) is 0.429. The lowest BCUT2D eigenvalue weighted by molar-refractivity contribution is -0.120. The zero-order valence-corrected chi connectivity index (χ0v) is 15.7. The van der Waals surface area contributed by atoms with Crippen LogP contribution in [0.5, 0.6) is 0 Å². The van der Waals surface area contributed by atoms with E-state index in [1.807, 2.05) is 30.3 Å². The van der Waals surface area contributed by atoms with Gasteiger partial charge in [-0.3, -0.25) is 9.59 Å². The molecule has 1 aliphatic heterocycles. The summed E-state index contributed by atoms with van der Waals surface area (Å²) in [4.78, 5) is 26.5. The van der Waals surface area contributed by atoms with E-state index < -0.39 is 0 Å². The van der Waals surface area contributed by atoms with E-state index in [1.165, 1.54) is 12.1 Å². The van der Waals surface area contributed by atoms with Crippen LogP contribution < -0.4 is 5.43 Å². The third-order valence-corrected chi connectivity index (χ3v) is 4.63. The first-order chi connectivity index (χ1) is 12.2. The minimum Gasteiger partial charge on any atom is -0.456 e. The third-order valence-electron chi connectivity index (χ3n) is 4.63. The van der Waals surface area contributed by atoms with Gasteiger partial charge in [-0.2, -0.15) is 0 Å². The van der Waals surface area contributed by atoms with E-state index in [2.05, 4.69) is 20.8 Å². The van der Waals surface area contributed by atoms with Crippen LogP contribution in [0.25, 0.3) is 0 Å². The Labute approximate surface area is 153 Å². The Balaban J connectivity index is 1.92. The molecule has 5 heteroatoms. The number of hydrogen-bond donors (Lipinski definition) is 0. The predicted molar refractivity (Wildman–Crippen MR) is 99.1 cm³/mol. The van der Waals surface area contributed by atoms with E-state index in [0.29, 0.717) is 18.8 Å². The maximum atomic E-state index is 13.0. The van der Waals surface area contributed by atoms with Crippen molar-refractivity contribution in [2.75, 3.05) is 13.1 Å². The fourth-order valence-electron chi connectivity index (χ4n) is 3.12. The third kappa shape index (κ3) is 4.05. The van der Waals surface area contributed by atoms with Crippen molar-refractivity contribution < 1.29 is 13.9 Å². The van der Waals surface area contributed by atoms with Crippen LogP contribution in [0.1, 0.15) is 48.8 Å². The Morgan fingerprint density at radius 2 is 1.81 bits per heavy atom. The van der Waals surface area contributed by atoms with Crippen LogP contribution in [-0.4, -0.2) is 30.0 Å². The maximum Gasteiger partial charge on any atom is 0.289 e. The summed E-state index contributed by atoms with van der Waals surface area (Å²) >= 11 is 0. The molecular weight excluding hydrogens is 330 g/mol. The van der Waals surface area contributed by atoms with Crippen LogP contribution in [0, 0.1) is 12.3 Å². The van der Waals surface area contributed by atoms with Crippen molar-refractivity contribution in [2.24, 2.45) is 5.41 Å². The van der Waals surface area contributed by atoms with Crippen molar-refractivity contribution in [1.29, 1.82) is 0 Å². The van der Waals surface area contributed by atoms with Crippen LogP contribution in [0.15, 0.2) is 51.7 Å². The maximum absolute atomic E-state index is 13.0. The molecule has 3 rings (SSSR count). The molecule has 2 atom stereocenters. The number of ether oxygens (including phenoxy) is 1. The highest BCUT2D eigenvalue weighted by Gasteiger charge is 2.38. The lowest BCUT2D eigenvalue weighted by Crippen LogP contribution is -2.51. The summed E-state index contributed by atoms with van der Waals surface area (Å²) in [7, 11) is 0. The number of nitrogens with zero attached hydrogens (tertiary/aromatic N) is 1. The molecule has 1 saturated heterocycles.